The molecule has 2 N–H and O–H groups in total. The van der Waals surface area contributed by atoms with E-state index in [2.05, 4.69) is 26.1 Å². The molecular weight excluding hydrogens is 226 g/mol. The molecular formula is C15H31NO2. The van der Waals surface area contributed by atoms with E-state index in [1.54, 1.807) is 0 Å². The number of β-amino-alcohol motifs (C(OH)–C–C–N with tert-alkyl or cyclic N) is 1. The molecule has 1 aliphatic rings. The van der Waals surface area contributed by atoms with E-state index in [-0.39, 0.29) is 5.54 Å². The van der Waals surface area contributed by atoms with Crippen molar-refractivity contribution in [1.29, 1.82) is 0 Å². The Morgan fingerprint density at radius 3 is 2.22 bits per heavy atom. The van der Waals surface area contributed by atoms with Crippen LogP contribution in [0.2, 0.25) is 0 Å². The summed E-state index contributed by atoms with van der Waals surface area (Å²) in [5.41, 5.74) is 0.0568. The third kappa shape index (κ3) is 8.06. The smallest absolute Gasteiger partial charge is 0.0898 e. The molecule has 1 atom stereocenters. The highest BCUT2D eigenvalue weighted by atomic mass is 16.5. The summed E-state index contributed by atoms with van der Waals surface area (Å²) in [5, 5.41) is 13.2. The van der Waals surface area contributed by atoms with E-state index < -0.39 is 6.10 Å². The molecule has 0 aromatic rings. The van der Waals surface area contributed by atoms with Crippen molar-refractivity contribution < 1.29 is 9.84 Å². The van der Waals surface area contributed by atoms with Gasteiger partial charge in [0.1, 0.15) is 0 Å². The van der Waals surface area contributed by atoms with Crippen molar-refractivity contribution in [3.63, 3.8) is 0 Å². The standard InChI is InChI=1S/C15H31NO2/c1-15(2,3)16-11-13(17)12-18-14-9-7-5-4-6-8-10-14/h13-14,16-17H,4-12H2,1-3H3. The first kappa shape index (κ1) is 15.9. The molecule has 0 saturated heterocycles. The van der Waals surface area contributed by atoms with Gasteiger partial charge in [0.05, 0.1) is 18.8 Å². The zero-order valence-corrected chi connectivity index (χ0v) is 12.4. The van der Waals surface area contributed by atoms with E-state index >= 15 is 0 Å². The van der Waals surface area contributed by atoms with Gasteiger partial charge in [-0.05, 0) is 33.6 Å². The molecule has 0 spiro atoms. The third-order valence-corrected chi connectivity index (χ3v) is 3.44. The SMILES string of the molecule is CC(C)(C)NCC(O)COC1CCCCCCC1. The quantitative estimate of drug-likeness (QED) is 0.796. The van der Waals surface area contributed by atoms with Gasteiger partial charge in [0.25, 0.3) is 0 Å². The molecule has 18 heavy (non-hydrogen) atoms. The number of rotatable bonds is 5. The molecule has 1 rings (SSSR count). The monoisotopic (exact) mass is 257 g/mol. The van der Waals surface area contributed by atoms with Gasteiger partial charge in [0.2, 0.25) is 0 Å². The van der Waals surface area contributed by atoms with E-state index in [0.717, 1.165) is 0 Å². The van der Waals surface area contributed by atoms with Crippen molar-refractivity contribution >= 4 is 0 Å². The Kier molecular flexibility index (Phi) is 7.20. The van der Waals surface area contributed by atoms with Crippen LogP contribution in [0.3, 0.4) is 0 Å². The summed E-state index contributed by atoms with van der Waals surface area (Å²) in [6.45, 7) is 7.39. The molecule has 0 heterocycles. The summed E-state index contributed by atoms with van der Waals surface area (Å²) >= 11 is 0. The molecule has 1 saturated carbocycles. The van der Waals surface area contributed by atoms with Crippen LogP contribution in [0, 0.1) is 0 Å². The van der Waals surface area contributed by atoms with Crippen LogP contribution in [-0.4, -0.2) is 36.0 Å². The molecule has 1 fully saturated rings. The van der Waals surface area contributed by atoms with Crippen molar-refractivity contribution in [2.75, 3.05) is 13.2 Å². The molecule has 0 bridgehead atoms. The number of ether oxygens (including phenoxy) is 1. The maximum Gasteiger partial charge on any atom is 0.0898 e. The molecule has 1 unspecified atom stereocenters. The first-order chi connectivity index (χ1) is 8.47. The number of aliphatic hydroxyl groups excluding tert-OH is 1. The van der Waals surface area contributed by atoms with Crippen molar-refractivity contribution in [2.24, 2.45) is 0 Å². The minimum absolute atomic E-state index is 0.0568. The van der Waals surface area contributed by atoms with Crippen LogP contribution in [0.25, 0.3) is 0 Å². The van der Waals surface area contributed by atoms with Gasteiger partial charge in [-0.15, -0.1) is 0 Å². The van der Waals surface area contributed by atoms with Gasteiger partial charge in [0.15, 0.2) is 0 Å². The molecule has 0 aromatic carbocycles. The highest BCUT2D eigenvalue weighted by molar-refractivity contribution is 4.73. The normalized spacial score (nSPS) is 21.3. The van der Waals surface area contributed by atoms with Crippen LogP contribution < -0.4 is 5.32 Å². The fourth-order valence-electron chi connectivity index (χ4n) is 2.32. The molecule has 0 amide bonds. The lowest BCUT2D eigenvalue weighted by Gasteiger charge is -2.25. The third-order valence-electron chi connectivity index (χ3n) is 3.44. The van der Waals surface area contributed by atoms with Crippen LogP contribution >= 0.6 is 0 Å². The van der Waals surface area contributed by atoms with Gasteiger partial charge in [-0.25, -0.2) is 0 Å². The van der Waals surface area contributed by atoms with Gasteiger partial charge >= 0.3 is 0 Å². The molecule has 108 valence electrons. The van der Waals surface area contributed by atoms with Crippen LogP contribution in [0.4, 0.5) is 0 Å². The zero-order valence-electron chi connectivity index (χ0n) is 12.4. The topological polar surface area (TPSA) is 41.5 Å². The van der Waals surface area contributed by atoms with Gasteiger partial charge < -0.3 is 15.2 Å². The molecule has 0 radical (unpaired) electrons. The lowest BCUT2D eigenvalue weighted by molar-refractivity contribution is -0.0200. The van der Waals surface area contributed by atoms with Gasteiger partial charge in [0, 0.05) is 12.1 Å². The lowest BCUT2D eigenvalue weighted by atomic mass is 9.98. The van der Waals surface area contributed by atoms with E-state index in [0.29, 0.717) is 19.3 Å². The largest absolute Gasteiger partial charge is 0.389 e. The lowest BCUT2D eigenvalue weighted by Crippen LogP contribution is -2.42. The van der Waals surface area contributed by atoms with E-state index in [1.165, 1.54) is 44.9 Å². The Hall–Kier alpha value is -0.120. The van der Waals surface area contributed by atoms with E-state index in [9.17, 15) is 5.11 Å². The molecule has 0 aromatic heterocycles. The molecule has 1 aliphatic carbocycles. The highest BCUT2D eigenvalue weighted by Gasteiger charge is 2.15. The first-order valence-electron chi connectivity index (χ1n) is 7.52. The summed E-state index contributed by atoms with van der Waals surface area (Å²) in [7, 11) is 0. The highest BCUT2D eigenvalue weighted by Crippen LogP contribution is 2.19. The number of hydrogen-bond acceptors (Lipinski definition) is 3. The maximum atomic E-state index is 9.88. The molecule has 3 heteroatoms. The first-order valence-corrected chi connectivity index (χ1v) is 7.52. The number of nitrogens with one attached hydrogen (secondary N) is 1. The molecule has 0 aliphatic heterocycles. The summed E-state index contributed by atoms with van der Waals surface area (Å²) in [6, 6.07) is 0. The number of hydrogen-bond donors (Lipinski definition) is 2. The van der Waals surface area contributed by atoms with Gasteiger partial charge in [-0.3, -0.25) is 0 Å². The second-order valence-electron chi connectivity index (χ2n) is 6.59. The van der Waals surface area contributed by atoms with Gasteiger partial charge in [-0.2, -0.15) is 0 Å². The fourth-order valence-corrected chi connectivity index (χ4v) is 2.32. The summed E-state index contributed by atoms with van der Waals surface area (Å²) < 4.78 is 5.86. The Labute approximate surface area is 112 Å². The molecule has 3 nitrogen and oxygen atoms in total. The van der Waals surface area contributed by atoms with Crippen molar-refractivity contribution in [3.8, 4) is 0 Å². The second kappa shape index (κ2) is 8.13. The minimum Gasteiger partial charge on any atom is -0.389 e. The van der Waals surface area contributed by atoms with Crippen molar-refractivity contribution in [2.45, 2.75) is 83.5 Å². The van der Waals surface area contributed by atoms with E-state index in [4.69, 9.17) is 4.74 Å². The predicted octanol–water partition coefficient (Wildman–Crippen LogP) is 2.86. The summed E-state index contributed by atoms with van der Waals surface area (Å²) in [6.07, 6.45) is 8.93. The Morgan fingerprint density at radius 1 is 1.11 bits per heavy atom. The predicted molar refractivity (Wildman–Crippen MR) is 75.8 cm³/mol. The summed E-state index contributed by atoms with van der Waals surface area (Å²) in [4.78, 5) is 0. The zero-order chi connectivity index (χ0) is 13.4. The van der Waals surface area contributed by atoms with Crippen molar-refractivity contribution in [3.05, 3.63) is 0 Å². The van der Waals surface area contributed by atoms with Crippen LogP contribution in [0.5, 0.6) is 0 Å². The van der Waals surface area contributed by atoms with Gasteiger partial charge in [-0.1, -0.05) is 32.1 Å². The maximum absolute atomic E-state index is 9.88. The van der Waals surface area contributed by atoms with Crippen LogP contribution in [0.15, 0.2) is 0 Å². The average Bonchev–Trinajstić information content (AvgIpc) is 2.24. The second-order valence-corrected chi connectivity index (χ2v) is 6.59. The Balaban J connectivity index is 2.13. The average molecular weight is 257 g/mol. The van der Waals surface area contributed by atoms with Crippen molar-refractivity contribution in [1.82, 2.24) is 5.32 Å². The minimum atomic E-state index is -0.394. The number of aliphatic hydroxyl groups is 1. The van der Waals surface area contributed by atoms with Crippen LogP contribution in [-0.2, 0) is 4.74 Å². The Bertz CT molecular complexity index is 205. The summed E-state index contributed by atoms with van der Waals surface area (Å²) in [5.74, 6) is 0. The fraction of sp³-hybridized carbons (Fsp3) is 1.00. The van der Waals surface area contributed by atoms with E-state index in [1.807, 2.05) is 0 Å². The van der Waals surface area contributed by atoms with Crippen LogP contribution in [0.1, 0.15) is 65.7 Å². The Morgan fingerprint density at radius 2 is 1.67 bits per heavy atom.